The van der Waals surface area contributed by atoms with Gasteiger partial charge in [0, 0.05) is 21.4 Å². The second-order valence-electron chi connectivity index (χ2n) is 6.77. The Morgan fingerprint density at radius 1 is 1.09 bits per heavy atom. The number of pyridine rings is 1. The Balaban J connectivity index is 1.50. The molecule has 2 aromatic carbocycles. The highest BCUT2D eigenvalue weighted by atomic mass is 79.9. The summed E-state index contributed by atoms with van der Waals surface area (Å²) < 4.78 is 2.90. The van der Waals surface area contributed by atoms with Crippen LogP contribution in [-0.4, -0.2) is 37.6 Å². The van der Waals surface area contributed by atoms with Gasteiger partial charge in [-0.3, -0.25) is 14.3 Å². The second-order valence-corrected chi connectivity index (χ2v) is 8.63. The van der Waals surface area contributed by atoms with Crippen LogP contribution in [0.25, 0.3) is 17.1 Å². The van der Waals surface area contributed by atoms with Crippen molar-refractivity contribution in [3.05, 3.63) is 88.7 Å². The van der Waals surface area contributed by atoms with Crippen molar-refractivity contribution in [2.24, 2.45) is 5.10 Å². The molecule has 0 atom stereocenters. The van der Waals surface area contributed by atoms with Crippen molar-refractivity contribution in [2.45, 2.75) is 12.1 Å². The van der Waals surface area contributed by atoms with Gasteiger partial charge in [0.1, 0.15) is 0 Å². The Labute approximate surface area is 198 Å². The summed E-state index contributed by atoms with van der Waals surface area (Å²) in [6.45, 7) is 1.90. The van der Waals surface area contributed by atoms with Gasteiger partial charge in [-0.1, -0.05) is 64.1 Å². The zero-order valence-corrected chi connectivity index (χ0v) is 19.5. The lowest BCUT2D eigenvalue weighted by Gasteiger charge is -2.10. The zero-order valence-electron chi connectivity index (χ0n) is 17.1. The quantitative estimate of drug-likeness (QED) is 0.224. The molecule has 4 aromatic rings. The number of carbonyl (C=O) groups is 1. The number of hydrogen-bond donors (Lipinski definition) is 1. The molecular formula is C23H19BrN6OS. The third-order valence-corrected chi connectivity index (χ3v) is 5.78. The Kier molecular flexibility index (Phi) is 7.08. The summed E-state index contributed by atoms with van der Waals surface area (Å²) in [5.74, 6) is 0.594. The van der Waals surface area contributed by atoms with Gasteiger partial charge in [0.25, 0.3) is 5.91 Å². The molecule has 0 bridgehead atoms. The number of benzene rings is 2. The topological polar surface area (TPSA) is 85.1 Å². The Morgan fingerprint density at radius 3 is 2.69 bits per heavy atom. The maximum Gasteiger partial charge on any atom is 0.250 e. The van der Waals surface area contributed by atoms with E-state index in [-0.39, 0.29) is 11.7 Å². The number of hydrazone groups is 1. The number of rotatable bonds is 7. The second kappa shape index (κ2) is 10.3. The third kappa shape index (κ3) is 5.49. The van der Waals surface area contributed by atoms with E-state index in [0.29, 0.717) is 16.7 Å². The number of hydrogen-bond acceptors (Lipinski definition) is 6. The molecule has 0 saturated heterocycles. The normalized spacial score (nSPS) is 11.1. The summed E-state index contributed by atoms with van der Waals surface area (Å²) in [4.78, 5) is 16.6. The first kappa shape index (κ1) is 21.9. The van der Waals surface area contributed by atoms with E-state index >= 15 is 0 Å². The van der Waals surface area contributed by atoms with E-state index in [0.717, 1.165) is 21.4 Å². The van der Waals surface area contributed by atoms with Crippen molar-refractivity contribution >= 4 is 39.8 Å². The summed E-state index contributed by atoms with van der Waals surface area (Å²) in [5.41, 5.74) is 5.93. The Hall–Kier alpha value is -3.30. The molecule has 0 unspecified atom stereocenters. The summed E-state index contributed by atoms with van der Waals surface area (Å²) in [6.07, 6.45) is 1.52. The maximum atomic E-state index is 12.3. The molecule has 2 aromatic heterocycles. The van der Waals surface area contributed by atoms with Gasteiger partial charge in [0.2, 0.25) is 0 Å². The number of halogens is 1. The van der Waals surface area contributed by atoms with E-state index in [1.54, 1.807) is 0 Å². The molecule has 2 heterocycles. The molecule has 0 aliphatic heterocycles. The van der Waals surface area contributed by atoms with Crippen molar-refractivity contribution in [1.82, 2.24) is 25.2 Å². The molecule has 0 aliphatic rings. The van der Waals surface area contributed by atoms with Crippen LogP contribution in [0.4, 0.5) is 0 Å². The fraction of sp³-hybridized carbons (Fsp3) is 0.0870. The van der Waals surface area contributed by atoms with Crippen LogP contribution < -0.4 is 5.43 Å². The van der Waals surface area contributed by atoms with Crippen LogP contribution in [-0.2, 0) is 4.79 Å². The smallest absolute Gasteiger partial charge is 0.250 e. The lowest BCUT2D eigenvalue weighted by Crippen LogP contribution is -2.20. The largest absolute Gasteiger partial charge is 0.272 e. The molecule has 1 amide bonds. The third-order valence-electron chi connectivity index (χ3n) is 4.36. The molecule has 0 radical (unpaired) electrons. The van der Waals surface area contributed by atoms with Crippen LogP contribution in [0.1, 0.15) is 11.4 Å². The van der Waals surface area contributed by atoms with Crippen LogP contribution in [0, 0.1) is 6.92 Å². The molecule has 0 aliphatic carbocycles. The van der Waals surface area contributed by atoms with Crippen LogP contribution >= 0.6 is 27.7 Å². The van der Waals surface area contributed by atoms with Gasteiger partial charge < -0.3 is 0 Å². The van der Waals surface area contributed by atoms with Crippen molar-refractivity contribution in [2.75, 3.05) is 5.75 Å². The monoisotopic (exact) mass is 506 g/mol. The summed E-state index contributed by atoms with van der Waals surface area (Å²) in [5, 5.41) is 13.3. The Bertz CT molecular complexity index is 1260. The predicted octanol–water partition coefficient (Wildman–Crippen LogP) is 4.64. The minimum Gasteiger partial charge on any atom is -0.272 e. The number of nitrogens with zero attached hydrogens (tertiary/aromatic N) is 5. The van der Waals surface area contributed by atoms with Gasteiger partial charge in [-0.15, -0.1) is 10.2 Å². The number of nitrogens with one attached hydrogen (secondary N) is 1. The molecule has 0 spiro atoms. The van der Waals surface area contributed by atoms with Gasteiger partial charge in [-0.2, -0.15) is 5.10 Å². The molecular weight excluding hydrogens is 488 g/mol. The lowest BCUT2D eigenvalue weighted by molar-refractivity contribution is -0.118. The zero-order chi connectivity index (χ0) is 22.3. The minimum absolute atomic E-state index is 0.141. The fourth-order valence-electron chi connectivity index (χ4n) is 2.96. The van der Waals surface area contributed by atoms with Gasteiger partial charge in [0.15, 0.2) is 11.0 Å². The van der Waals surface area contributed by atoms with Crippen LogP contribution in [0.2, 0.25) is 0 Å². The fourth-order valence-corrected chi connectivity index (χ4v) is 4.10. The number of aromatic nitrogens is 4. The first-order chi connectivity index (χ1) is 15.6. The highest BCUT2D eigenvalue weighted by Crippen LogP contribution is 2.29. The molecule has 0 saturated carbocycles. The SMILES string of the molecule is Cc1cccc(/C=N\NC(=O)CSc2nnc(-c3cccc(Br)c3)n2-c2ccccc2)n1. The highest BCUT2D eigenvalue weighted by Gasteiger charge is 2.17. The van der Waals surface area contributed by atoms with Crippen molar-refractivity contribution in [3.63, 3.8) is 0 Å². The van der Waals surface area contributed by atoms with Gasteiger partial charge in [0.05, 0.1) is 17.7 Å². The first-order valence-electron chi connectivity index (χ1n) is 9.75. The molecule has 9 heteroatoms. The predicted molar refractivity (Wildman–Crippen MR) is 130 cm³/mol. The van der Waals surface area contributed by atoms with Crippen molar-refractivity contribution in [3.8, 4) is 17.1 Å². The standard InChI is InChI=1S/C23H19BrN6OS/c1-16-7-5-10-19(26-16)14-25-27-21(31)15-32-23-29-28-22(17-8-6-9-18(24)13-17)30(23)20-11-3-2-4-12-20/h2-14H,15H2,1H3,(H,27,31)/b25-14-. The van der Waals surface area contributed by atoms with E-state index in [1.165, 1.54) is 18.0 Å². The van der Waals surface area contributed by atoms with Crippen molar-refractivity contribution in [1.29, 1.82) is 0 Å². The highest BCUT2D eigenvalue weighted by molar-refractivity contribution is 9.10. The van der Waals surface area contributed by atoms with Gasteiger partial charge in [-0.05, 0) is 43.3 Å². The molecule has 0 fully saturated rings. The first-order valence-corrected chi connectivity index (χ1v) is 11.5. The lowest BCUT2D eigenvalue weighted by atomic mass is 10.2. The molecule has 32 heavy (non-hydrogen) atoms. The number of carbonyl (C=O) groups excluding carboxylic acids is 1. The van der Waals surface area contributed by atoms with E-state index in [4.69, 9.17) is 0 Å². The molecule has 4 rings (SSSR count). The van der Waals surface area contributed by atoms with Gasteiger partial charge >= 0.3 is 0 Å². The maximum absolute atomic E-state index is 12.3. The number of thioether (sulfide) groups is 1. The van der Waals surface area contributed by atoms with E-state index in [9.17, 15) is 4.79 Å². The van der Waals surface area contributed by atoms with E-state index in [1.807, 2.05) is 84.3 Å². The van der Waals surface area contributed by atoms with Crippen LogP contribution in [0.5, 0.6) is 0 Å². The van der Waals surface area contributed by atoms with E-state index in [2.05, 4.69) is 41.6 Å². The van der Waals surface area contributed by atoms with Crippen LogP contribution in [0.15, 0.2) is 87.5 Å². The molecule has 1 N–H and O–H groups in total. The molecule has 7 nitrogen and oxygen atoms in total. The number of aryl methyl sites for hydroxylation is 1. The average Bonchev–Trinajstić information content (AvgIpc) is 3.22. The van der Waals surface area contributed by atoms with Crippen LogP contribution in [0.3, 0.4) is 0 Å². The number of para-hydroxylation sites is 1. The number of amides is 1. The summed E-state index contributed by atoms with van der Waals surface area (Å²) in [6, 6.07) is 23.3. The summed E-state index contributed by atoms with van der Waals surface area (Å²) >= 11 is 4.80. The Morgan fingerprint density at radius 2 is 1.91 bits per heavy atom. The minimum atomic E-state index is -0.245. The summed E-state index contributed by atoms with van der Waals surface area (Å²) in [7, 11) is 0. The average molecular weight is 507 g/mol. The van der Waals surface area contributed by atoms with E-state index < -0.39 is 0 Å². The molecule has 160 valence electrons. The van der Waals surface area contributed by atoms with Crippen molar-refractivity contribution < 1.29 is 4.79 Å². The van der Waals surface area contributed by atoms with Gasteiger partial charge in [-0.25, -0.2) is 5.43 Å².